The van der Waals surface area contributed by atoms with Gasteiger partial charge in [-0.1, -0.05) is 59.2 Å². The first kappa shape index (κ1) is 18.4. The van der Waals surface area contributed by atoms with Crippen molar-refractivity contribution in [2.24, 2.45) is 4.99 Å². The summed E-state index contributed by atoms with van der Waals surface area (Å²) in [6.07, 6.45) is -4.25. The Morgan fingerprint density at radius 1 is 0.920 bits per heavy atom. The number of hydrogen-bond donors (Lipinski definition) is 1. The number of halogens is 5. The van der Waals surface area contributed by atoms with Gasteiger partial charge in [0, 0.05) is 10.0 Å². The topological polar surface area (TPSA) is 24.4 Å². The zero-order valence-electron chi connectivity index (χ0n) is 12.7. The highest BCUT2D eigenvalue weighted by atomic mass is 35.5. The Bertz CT molecular complexity index is 761. The number of hydrogen-bond acceptors (Lipinski definition) is 3. The lowest BCUT2D eigenvalue weighted by atomic mass is 9.95. The molecule has 0 spiro atoms. The van der Waals surface area contributed by atoms with E-state index < -0.39 is 11.9 Å². The summed E-state index contributed by atoms with van der Waals surface area (Å²) in [6, 6.07) is 13.7. The molecule has 0 aromatic heterocycles. The fraction of sp³-hybridized carbons (Fsp3) is 0.235. The van der Waals surface area contributed by atoms with Gasteiger partial charge in [-0.05, 0) is 35.4 Å². The third kappa shape index (κ3) is 4.84. The molecule has 2 aromatic carbocycles. The number of nitrogens with zero attached hydrogens (tertiary/aromatic N) is 1. The smallest absolute Gasteiger partial charge is 0.356 e. The number of benzene rings is 2. The van der Waals surface area contributed by atoms with Crippen molar-refractivity contribution in [3.05, 3.63) is 69.7 Å². The lowest BCUT2D eigenvalue weighted by Gasteiger charge is -2.19. The molecule has 132 valence electrons. The number of aliphatic imine (C=N–C) groups is 1. The van der Waals surface area contributed by atoms with Gasteiger partial charge in [0.2, 0.25) is 0 Å². The molecule has 1 N–H and O–H groups in total. The Morgan fingerprint density at radius 2 is 1.44 bits per heavy atom. The van der Waals surface area contributed by atoms with Crippen molar-refractivity contribution in [2.75, 3.05) is 5.75 Å². The van der Waals surface area contributed by atoms with E-state index in [0.717, 1.165) is 11.1 Å². The summed E-state index contributed by atoms with van der Waals surface area (Å²) in [5.74, 6) is -0.987. The van der Waals surface area contributed by atoms with Crippen molar-refractivity contribution in [2.45, 2.75) is 18.3 Å². The maximum Gasteiger partial charge on any atom is 0.398 e. The van der Waals surface area contributed by atoms with Crippen molar-refractivity contribution in [1.82, 2.24) is 5.32 Å². The van der Waals surface area contributed by atoms with Crippen LogP contribution in [0.4, 0.5) is 13.2 Å². The van der Waals surface area contributed by atoms with E-state index in [4.69, 9.17) is 23.2 Å². The Kier molecular flexibility index (Phi) is 5.51. The van der Waals surface area contributed by atoms with Crippen LogP contribution in [0.5, 0.6) is 0 Å². The summed E-state index contributed by atoms with van der Waals surface area (Å²) in [5.41, 5.74) is 1.77. The summed E-state index contributed by atoms with van der Waals surface area (Å²) < 4.78 is 37.5. The van der Waals surface area contributed by atoms with E-state index in [0.29, 0.717) is 21.8 Å². The van der Waals surface area contributed by atoms with Gasteiger partial charge in [0.25, 0.3) is 0 Å². The van der Waals surface area contributed by atoms with E-state index in [2.05, 4.69) is 10.3 Å². The molecule has 1 aliphatic rings. The van der Waals surface area contributed by atoms with Crippen LogP contribution in [0.2, 0.25) is 10.0 Å². The molecule has 0 saturated carbocycles. The summed E-state index contributed by atoms with van der Waals surface area (Å²) in [5, 5.41) is 4.56. The van der Waals surface area contributed by atoms with Gasteiger partial charge in [0.1, 0.15) is 6.04 Å². The van der Waals surface area contributed by atoms with Crippen LogP contribution in [0.3, 0.4) is 0 Å². The average Bonchev–Trinajstić information content (AvgIpc) is 2.98. The van der Waals surface area contributed by atoms with Gasteiger partial charge in [-0.2, -0.15) is 13.2 Å². The third-order valence-electron chi connectivity index (χ3n) is 3.66. The van der Waals surface area contributed by atoms with E-state index in [1.807, 2.05) is 24.3 Å². The average molecular weight is 405 g/mol. The highest BCUT2D eigenvalue weighted by Gasteiger charge is 2.34. The standard InChI is InChI=1S/C17H13Cl2F3N2S/c18-12-5-1-10(2-6-12)14-15(11-3-7-13(19)8-4-11)24-16(23-14)25-9-17(20,21)22/h1-8,14-15H,9H2,(H,23,24). The molecule has 0 bridgehead atoms. The molecule has 1 aliphatic heterocycles. The number of amidine groups is 1. The quantitative estimate of drug-likeness (QED) is 0.674. The van der Waals surface area contributed by atoms with Crippen LogP contribution in [0.25, 0.3) is 0 Å². The summed E-state index contributed by atoms with van der Waals surface area (Å²) in [7, 11) is 0. The molecule has 3 rings (SSSR count). The van der Waals surface area contributed by atoms with E-state index in [9.17, 15) is 13.2 Å². The second kappa shape index (κ2) is 7.48. The van der Waals surface area contributed by atoms with Crippen LogP contribution in [0.1, 0.15) is 23.2 Å². The minimum Gasteiger partial charge on any atom is -0.356 e. The minimum absolute atomic E-state index is 0.269. The monoisotopic (exact) mass is 404 g/mol. The lowest BCUT2D eigenvalue weighted by Crippen LogP contribution is -2.24. The van der Waals surface area contributed by atoms with Crippen molar-refractivity contribution < 1.29 is 13.2 Å². The highest BCUT2D eigenvalue weighted by molar-refractivity contribution is 8.13. The van der Waals surface area contributed by atoms with Crippen molar-refractivity contribution in [1.29, 1.82) is 0 Å². The zero-order chi connectivity index (χ0) is 18.0. The molecule has 0 fully saturated rings. The first-order valence-electron chi connectivity index (χ1n) is 7.37. The van der Waals surface area contributed by atoms with Gasteiger partial charge in [0.15, 0.2) is 5.17 Å². The Morgan fingerprint density at radius 3 is 1.96 bits per heavy atom. The molecule has 0 amide bonds. The predicted octanol–water partition coefficient (Wildman–Crippen LogP) is 6.03. The molecule has 2 aromatic rings. The Hall–Kier alpha value is -1.37. The molecule has 0 aliphatic carbocycles. The number of alkyl halides is 3. The summed E-state index contributed by atoms with van der Waals surface area (Å²) in [4.78, 5) is 4.46. The van der Waals surface area contributed by atoms with Gasteiger partial charge in [-0.3, -0.25) is 4.99 Å². The van der Waals surface area contributed by atoms with Gasteiger partial charge in [0.05, 0.1) is 11.8 Å². The van der Waals surface area contributed by atoms with Gasteiger partial charge in [-0.25, -0.2) is 0 Å². The van der Waals surface area contributed by atoms with E-state index in [1.165, 1.54) is 0 Å². The maximum absolute atomic E-state index is 12.5. The maximum atomic E-state index is 12.5. The van der Waals surface area contributed by atoms with Crippen LogP contribution in [-0.4, -0.2) is 17.1 Å². The SMILES string of the molecule is FC(F)(F)CSC1=NC(c2ccc(Cl)cc2)C(c2ccc(Cl)cc2)N1. The third-order valence-corrected chi connectivity index (χ3v) is 5.14. The number of thioether (sulfide) groups is 1. The first-order chi connectivity index (χ1) is 11.8. The number of rotatable bonds is 3. The fourth-order valence-corrected chi connectivity index (χ4v) is 3.49. The van der Waals surface area contributed by atoms with E-state index in [-0.39, 0.29) is 17.3 Å². The molecule has 2 atom stereocenters. The van der Waals surface area contributed by atoms with E-state index >= 15 is 0 Å². The lowest BCUT2D eigenvalue weighted by molar-refractivity contribution is -0.105. The summed E-state index contributed by atoms with van der Waals surface area (Å²) >= 11 is 12.5. The van der Waals surface area contributed by atoms with Crippen LogP contribution >= 0.6 is 35.0 Å². The predicted molar refractivity (Wildman–Crippen MR) is 97.5 cm³/mol. The molecule has 0 radical (unpaired) electrons. The fourth-order valence-electron chi connectivity index (χ4n) is 2.54. The van der Waals surface area contributed by atoms with Crippen LogP contribution in [-0.2, 0) is 0 Å². The Labute approximate surface area is 157 Å². The molecule has 2 nitrogen and oxygen atoms in total. The minimum atomic E-state index is -4.25. The normalized spacial score (nSPS) is 20.3. The molecule has 25 heavy (non-hydrogen) atoms. The van der Waals surface area contributed by atoms with Crippen molar-refractivity contribution >= 4 is 40.1 Å². The van der Waals surface area contributed by atoms with Crippen molar-refractivity contribution in [3.8, 4) is 0 Å². The van der Waals surface area contributed by atoms with Gasteiger partial charge >= 0.3 is 6.18 Å². The molecule has 1 heterocycles. The van der Waals surface area contributed by atoms with Gasteiger partial charge < -0.3 is 5.32 Å². The zero-order valence-corrected chi connectivity index (χ0v) is 15.1. The molecular weight excluding hydrogens is 392 g/mol. The highest BCUT2D eigenvalue weighted by Crippen LogP contribution is 2.39. The number of nitrogens with one attached hydrogen (secondary N) is 1. The van der Waals surface area contributed by atoms with Crippen LogP contribution in [0.15, 0.2) is 53.5 Å². The first-order valence-corrected chi connectivity index (χ1v) is 9.11. The second-order valence-electron chi connectivity index (χ2n) is 5.51. The van der Waals surface area contributed by atoms with Crippen molar-refractivity contribution in [3.63, 3.8) is 0 Å². The Balaban J connectivity index is 1.88. The van der Waals surface area contributed by atoms with Crippen LogP contribution in [0, 0.1) is 0 Å². The molecule has 0 saturated heterocycles. The van der Waals surface area contributed by atoms with E-state index in [1.54, 1.807) is 24.3 Å². The van der Waals surface area contributed by atoms with Gasteiger partial charge in [-0.15, -0.1) is 0 Å². The molecular formula is C17H13Cl2F3N2S. The summed E-state index contributed by atoms with van der Waals surface area (Å²) in [6.45, 7) is 0. The second-order valence-corrected chi connectivity index (χ2v) is 7.34. The molecule has 2 unspecified atom stereocenters. The molecule has 8 heteroatoms. The van der Waals surface area contributed by atoms with Crippen LogP contribution < -0.4 is 5.32 Å². The largest absolute Gasteiger partial charge is 0.398 e.